The maximum Gasteiger partial charge on any atom is 0.124 e. The summed E-state index contributed by atoms with van der Waals surface area (Å²) in [6.07, 6.45) is 0. The zero-order valence-corrected chi connectivity index (χ0v) is 9.18. The van der Waals surface area contributed by atoms with Crippen LogP contribution >= 0.6 is 0 Å². The minimum atomic E-state index is 0.131. The van der Waals surface area contributed by atoms with Crippen LogP contribution < -0.4 is 5.32 Å². The Bertz CT molecular complexity index is 259. The third kappa shape index (κ3) is 2.02. The van der Waals surface area contributed by atoms with Crippen molar-refractivity contribution in [1.82, 2.24) is 9.78 Å². The first-order chi connectivity index (χ1) is 5.99. The Morgan fingerprint density at radius 2 is 2.08 bits per heavy atom. The molecule has 3 nitrogen and oxygen atoms in total. The quantitative estimate of drug-likeness (QED) is 0.758. The lowest BCUT2D eigenvalue weighted by Gasteiger charge is -2.13. The van der Waals surface area contributed by atoms with Gasteiger partial charge in [0, 0.05) is 25.1 Å². The Balaban J connectivity index is 3.07. The molecule has 13 heavy (non-hydrogen) atoms. The van der Waals surface area contributed by atoms with Gasteiger partial charge in [-0.2, -0.15) is 5.10 Å². The monoisotopic (exact) mass is 181 g/mol. The van der Waals surface area contributed by atoms with Crippen LogP contribution in [0.25, 0.3) is 0 Å². The number of hydrogen-bond acceptors (Lipinski definition) is 2. The highest BCUT2D eigenvalue weighted by Crippen LogP contribution is 2.23. The smallest absolute Gasteiger partial charge is 0.124 e. The molecule has 0 radical (unpaired) electrons. The Kier molecular flexibility index (Phi) is 2.64. The van der Waals surface area contributed by atoms with Crippen molar-refractivity contribution in [2.24, 2.45) is 0 Å². The third-order valence-corrected chi connectivity index (χ3v) is 2.10. The first kappa shape index (κ1) is 10.1. The fraction of sp³-hybridized carbons (Fsp3) is 0.700. The summed E-state index contributed by atoms with van der Waals surface area (Å²) in [6, 6.07) is 2.11. The summed E-state index contributed by atoms with van der Waals surface area (Å²) in [6.45, 7) is 9.53. The molecule has 1 aromatic heterocycles. The van der Waals surface area contributed by atoms with Gasteiger partial charge in [0.2, 0.25) is 0 Å². The van der Waals surface area contributed by atoms with Gasteiger partial charge in [0.1, 0.15) is 5.82 Å². The maximum atomic E-state index is 4.52. The van der Waals surface area contributed by atoms with Crippen molar-refractivity contribution in [1.29, 1.82) is 0 Å². The second-order valence-corrected chi connectivity index (χ2v) is 4.23. The number of hydrogen-bond donors (Lipinski definition) is 1. The van der Waals surface area contributed by atoms with Crippen molar-refractivity contribution in [2.75, 3.05) is 12.4 Å². The van der Waals surface area contributed by atoms with Gasteiger partial charge in [-0.15, -0.1) is 0 Å². The fourth-order valence-electron chi connectivity index (χ4n) is 1.23. The summed E-state index contributed by atoms with van der Waals surface area (Å²) in [5, 5.41) is 7.66. The van der Waals surface area contributed by atoms with Crippen molar-refractivity contribution in [2.45, 2.75) is 39.7 Å². The molecule has 0 aliphatic carbocycles. The van der Waals surface area contributed by atoms with Crippen molar-refractivity contribution < 1.29 is 0 Å². The second kappa shape index (κ2) is 3.40. The average Bonchev–Trinajstić information content (AvgIpc) is 2.45. The molecule has 0 aromatic carbocycles. The standard InChI is InChI=1S/C10H19N3/c1-6-13-9(11-5)7-8(12-13)10(2,3)4/h7,11H,6H2,1-5H3. The van der Waals surface area contributed by atoms with Gasteiger partial charge in [0.25, 0.3) is 0 Å². The van der Waals surface area contributed by atoms with Crippen molar-refractivity contribution in [3.05, 3.63) is 11.8 Å². The van der Waals surface area contributed by atoms with Crippen LogP contribution in [-0.4, -0.2) is 16.8 Å². The van der Waals surface area contributed by atoms with Gasteiger partial charge in [0.15, 0.2) is 0 Å². The van der Waals surface area contributed by atoms with E-state index in [2.05, 4.69) is 44.2 Å². The van der Waals surface area contributed by atoms with Crippen LogP contribution in [0.1, 0.15) is 33.4 Å². The van der Waals surface area contributed by atoms with Crippen LogP contribution in [0.3, 0.4) is 0 Å². The molecule has 3 heteroatoms. The summed E-state index contributed by atoms with van der Waals surface area (Å²) >= 11 is 0. The van der Waals surface area contributed by atoms with Gasteiger partial charge in [-0.25, -0.2) is 4.68 Å². The van der Waals surface area contributed by atoms with Crippen molar-refractivity contribution in [3.8, 4) is 0 Å². The molecule has 0 aliphatic heterocycles. The first-order valence-electron chi connectivity index (χ1n) is 4.75. The van der Waals surface area contributed by atoms with Gasteiger partial charge in [0.05, 0.1) is 5.69 Å². The Labute approximate surface area is 80.1 Å². The molecule has 0 fully saturated rings. The minimum absolute atomic E-state index is 0.131. The molecule has 0 amide bonds. The first-order valence-corrected chi connectivity index (χ1v) is 4.75. The predicted octanol–water partition coefficient (Wildman–Crippen LogP) is 2.24. The second-order valence-electron chi connectivity index (χ2n) is 4.23. The molecular weight excluding hydrogens is 162 g/mol. The number of nitrogens with zero attached hydrogens (tertiary/aromatic N) is 2. The lowest BCUT2D eigenvalue weighted by molar-refractivity contribution is 0.542. The van der Waals surface area contributed by atoms with Gasteiger partial charge < -0.3 is 5.32 Å². The third-order valence-electron chi connectivity index (χ3n) is 2.10. The van der Waals surface area contributed by atoms with Gasteiger partial charge in [-0.3, -0.25) is 0 Å². The van der Waals surface area contributed by atoms with E-state index in [0.29, 0.717) is 0 Å². The highest BCUT2D eigenvalue weighted by Gasteiger charge is 2.18. The topological polar surface area (TPSA) is 29.9 Å². The predicted molar refractivity (Wildman–Crippen MR) is 56.1 cm³/mol. The molecule has 0 saturated carbocycles. The normalized spacial score (nSPS) is 11.8. The zero-order chi connectivity index (χ0) is 10.1. The minimum Gasteiger partial charge on any atom is -0.373 e. The van der Waals surface area contributed by atoms with Crippen LogP contribution in [0.15, 0.2) is 6.07 Å². The van der Waals surface area contributed by atoms with E-state index in [0.717, 1.165) is 18.1 Å². The van der Waals surface area contributed by atoms with Gasteiger partial charge >= 0.3 is 0 Å². The molecule has 0 bridgehead atoms. The number of anilines is 1. The molecule has 1 aromatic rings. The number of nitrogens with one attached hydrogen (secondary N) is 1. The highest BCUT2D eigenvalue weighted by atomic mass is 15.3. The Hall–Kier alpha value is -0.990. The van der Waals surface area contributed by atoms with E-state index in [9.17, 15) is 0 Å². The van der Waals surface area contributed by atoms with Crippen molar-refractivity contribution >= 4 is 5.82 Å². The molecule has 0 spiro atoms. The lowest BCUT2D eigenvalue weighted by atomic mass is 9.92. The fourth-order valence-corrected chi connectivity index (χ4v) is 1.23. The summed E-state index contributed by atoms with van der Waals surface area (Å²) in [7, 11) is 1.93. The Morgan fingerprint density at radius 3 is 2.38 bits per heavy atom. The molecule has 0 aliphatic rings. The summed E-state index contributed by atoms with van der Waals surface area (Å²) < 4.78 is 1.99. The Morgan fingerprint density at radius 1 is 1.46 bits per heavy atom. The van der Waals surface area contributed by atoms with E-state index in [1.165, 1.54) is 0 Å². The molecule has 1 heterocycles. The average molecular weight is 181 g/mol. The molecule has 74 valence electrons. The van der Waals surface area contributed by atoms with Gasteiger partial charge in [-0.05, 0) is 6.92 Å². The van der Waals surface area contributed by atoms with Crippen molar-refractivity contribution in [3.63, 3.8) is 0 Å². The molecule has 0 atom stereocenters. The maximum absolute atomic E-state index is 4.52. The van der Waals surface area contributed by atoms with Crippen LogP contribution in [0, 0.1) is 0 Å². The number of aromatic nitrogens is 2. The molecular formula is C10H19N3. The summed E-state index contributed by atoms with van der Waals surface area (Å²) in [4.78, 5) is 0. The number of rotatable bonds is 2. The van der Waals surface area contributed by atoms with E-state index < -0.39 is 0 Å². The van der Waals surface area contributed by atoms with E-state index in [-0.39, 0.29) is 5.41 Å². The van der Waals surface area contributed by atoms with E-state index >= 15 is 0 Å². The zero-order valence-electron chi connectivity index (χ0n) is 9.18. The SMILES string of the molecule is CCn1nc(C(C)(C)C)cc1NC. The van der Waals surface area contributed by atoms with E-state index in [4.69, 9.17) is 0 Å². The number of aryl methyl sites for hydroxylation is 1. The van der Waals surface area contributed by atoms with Crippen LogP contribution in [0.5, 0.6) is 0 Å². The molecule has 1 N–H and O–H groups in total. The van der Waals surface area contributed by atoms with E-state index in [1.54, 1.807) is 0 Å². The van der Waals surface area contributed by atoms with Crippen LogP contribution in [0.2, 0.25) is 0 Å². The lowest BCUT2D eigenvalue weighted by Crippen LogP contribution is -2.12. The summed E-state index contributed by atoms with van der Waals surface area (Å²) in [5.41, 5.74) is 1.27. The molecule has 0 unspecified atom stereocenters. The molecule has 1 rings (SSSR count). The van der Waals surface area contributed by atoms with E-state index in [1.807, 2.05) is 11.7 Å². The van der Waals surface area contributed by atoms with Gasteiger partial charge in [-0.1, -0.05) is 20.8 Å². The molecule has 0 saturated heterocycles. The van der Waals surface area contributed by atoms with Crippen LogP contribution in [0.4, 0.5) is 5.82 Å². The van der Waals surface area contributed by atoms with Crippen LogP contribution in [-0.2, 0) is 12.0 Å². The highest BCUT2D eigenvalue weighted by molar-refractivity contribution is 5.38. The largest absolute Gasteiger partial charge is 0.373 e. The summed E-state index contributed by atoms with van der Waals surface area (Å²) in [5.74, 6) is 1.09.